The summed E-state index contributed by atoms with van der Waals surface area (Å²) in [6.45, 7) is 2.84. The molecule has 1 aromatic carbocycles. The summed E-state index contributed by atoms with van der Waals surface area (Å²) in [5, 5.41) is 2.85. The van der Waals surface area contributed by atoms with Crippen LogP contribution in [0.15, 0.2) is 24.3 Å². The van der Waals surface area contributed by atoms with E-state index in [0.717, 1.165) is 19.3 Å². The van der Waals surface area contributed by atoms with E-state index in [2.05, 4.69) is 5.32 Å². The minimum atomic E-state index is -0.363. The summed E-state index contributed by atoms with van der Waals surface area (Å²) < 4.78 is 5.08. The highest BCUT2D eigenvalue weighted by Crippen LogP contribution is 2.30. The van der Waals surface area contributed by atoms with Crippen molar-refractivity contribution in [3.63, 3.8) is 0 Å². The second kappa shape index (κ2) is 8.34. The minimum absolute atomic E-state index is 0.0890. The monoisotopic (exact) mass is 358 g/mol. The number of carbonyl (C=O) groups is 3. The molecule has 140 valence electrons. The van der Waals surface area contributed by atoms with E-state index in [1.807, 2.05) is 11.8 Å². The first-order valence-electron chi connectivity index (χ1n) is 9.46. The fraction of sp³-hybridized carbons (Fsp3) is 0.550. The average Bonchev–Trinajstić information content (AvgIpc) is 3.29. The third-order valence-corrected chi connectivity index (χ3v) is 5.12. The van der Waals surface area contributed by atoms with Gasteiger partial charge in [0.15, 0.2) is 0 Å². The Labute approximate surface area is 153 Å². The molecule has 0 aromatic heterocycles. The summed E-state index contributed by atoms with van der Waals surface area (Å²) in [6.07, 6.45) is 5.49. The SMILES string of the molecule is CCCOC(=O)c1ccc(NC(=O)C2CC(=O)N(C3CCCC3)C2)cc1. The lowest BCUT2D eigenvalue weighted by atomic mass is 10.1. The normalized spacial score (nSPS) is 20.4. The number of ether oxygens (including phenoxy) is 1. The van der Waals surface area contributed by atoms with E-state index in [-0.39, 0.29) is 30.1 Å². The molecule has 2 fully saturated rings. The van der Waals surface area contributed by atoms with E-state index in [1.165, 1.54) is 12.8 Å². The smallest absolute Gasteiger partial charge is 0.338 e. The average molecular weight is 358 g/mol. The van der Waals surface area contributed by atoms with Crippen molar-refractivity contribution in [3.8, 4) is 0 Å². The summed E-state index contributed by atoms with van der Waals surface area (Å²) in [5.41, 5.74) is 1.08. The van der Waals surface area contributed by atoms with E-state index < -0.39 is 0 Å². The molecule has 2 amide bonds. The zero-order valence-electron chi connectivity index (χ0n) is 15.2. The van der Waals surface area contributed by atoms with Gasteiger partial charge in [-0.3, -0.25) is 9.59 Å². The maximum atomic E-state index is 12.5. The molecule has 26 heavy (non-hydrogen) atoms. The number of benzene rings is 1. The van der Waals surface area contributed by atoms with Crippen molar-refractivity contribution < 1.29 is 19.1 Å². The predicted molar refractivity (Wildman–Crippen MR) is 97.7 cm³/mol. The second-order valence-corrected chi connectivity index (χ2v) is 7.09. The van der Waals surface area contributed by atoms with Crippen LogP contribution in [-0.4, -0.2) is 41.9 Å². The Kier molecular flexibility index (Phi) is 5.91. The Bertz CT molecular complexity index is 665. The first-order valence-corrected chi connectivity index (χ1v) is 9.46. The van der Waals surface area contributed by atoms with E-state index in [9.17, 15) is 14.4 Å². The molecule has 6 nitrogen and oxygen atoms in total. The van der Waals surface area contributed by atoms with Crippen LogP contribution in [0.25, 0.3) is 0 Å². The number of rotatable bonds is 6. The van der Waals surface area contributed by atoms with Gasteiger partial charge < -0.3 is 15.0 Å². The molecule has 2 aliphatic rings. The predicted octanol–water partition coefficient (Wildman–Crippen LogP) is 2.98. The van der Waals surface area contributed by atoms with E-state index in [1.54, 1.807) is 24.3 Å². The number of likely N-dealkylation sites (tertiary alicyclic amines) is 1. The maximum absolute atomic E-state index is 12.5. The summed E-state index contributed by atoms with van der Waals surface area (Å²) in [4.78, 5) is 38.4. The molecule has 1 aliphatic carbocycles. The number of hydrogen-bond donors (Lipinski definition) is 1. The molecule has 1 aliphatic heterocycles. The van der Waals surface area contributed by atoms with Crippen LogP contribution in [0.3, 0.4) is 0 Å². The molecule has 3 rings (SSSR count). The summed E-state index contributed by atoms with van der Waals surface area (Å²) in [5.74, 6) is -0.721. The van der Waals surface area contributed by atoms with Crippen molar-refractivity contribution in [2.75, 3.05) is 18.5 Å². The van der Waals surface area contributed by atoms with Crippen LogP contribution in [-0.2, 0) is 14.3 Å². The highest BCUT2D eigenvalue weighted by molar-refractivity contribution is 5.97. The van der Waals surface area contributed by atoms with Gasteiger partial charge in [0.1, 0.15) is 0 Å². The third-order valence-electron chi connectivity index (χ3n) is 5.12. The third kappa shape index (κ3) is 4.23. The van der Waals surface area contributed by atoms with Gasteiger partial charge in [0.05, 0.1) is 18.1 Å². The molecular formula is C20H26N2O4. The number of esters is 1. The number of nitrogens with zero attached hydrogens (tertiary/aromatic N) is 1. The highest BCUT2D eigenvalue weighted by atomic mass is 16.5. The van der Waals surface area contributed by atoms with Gasteiger partial charge in [-0.1, -0.05) is 19.8 Å². The van der Waals surface area contributed by atoms with Gasteiger partial charge in [-0.2, -0.15) is 0 Å². The maximum Gasteiger partial charge on any atom is 0.338 e. The molecule has 1 heterocycles. The standard InChI is InChI=1S/C20H26N2O4/c1-2-11-26-20(25)14-7-9-16(10-8-14)21-19(24)15-12-18(23)22(13-15)17-5-3-4-6-17/h7-10,15,17H,2-6,11-13H2,1H3,(H,21,24). The van der Waals surface area contributed by atoms with Gasteiger partial charge in [-0.05, 0) is 43.5 Å². The topological polar surface area (TPSA) is 75.7 Å². The van der Waals surface area contributed by atoms with Crippen molar-refractivity contribution in [2.24, 2.45) is 5.92 Å². The first kappa shape index (κ1) is 18.4. The summed E-state index contributed by atoms with van der Waals surface area (Å²) in [6, 6.07) is 6.96. The van der Waals surface area contributed by atoms with Crippen molar-refractivity contribution >= 4 is 23.5 Å². The second-order valence-electron chi connectivity index (χ2n) is 7.09. The molecular weight excluding hydrogens is 332 g/mol. The Balaban J connectivity index is 1.54. The van der Waals surface area contributed by atoms with Crippen molar-refractivity contribution in [3.05, 3.63) is 29.8 Å². The van der Waals surface area contributed by atoms with Crippen molar-refractivity contribution in [2.45, 2.75) is 51.5 Å². The van der Waals surface area contributed by atoms with Gasteiger partial charge in [0, 0.05) is 24.7 Å². The van der Waals surface area contributed by atoms with Crippen LogP contribution in [0.2, 0.25) is 0 Å². The zero-order valence-corrected chi connectivity index (χ0v) is 15.2. The van der Waals surface area contributed by atoms with Crippen LogP contribution in [0.5, 0.6) is 0 Å². The van der Waals surface area contributed by atoms with Crippen LogP contribution in [0.4, 0.5) is 5.69 Å². The number of amides is 2. The number of carbonyl (C=O) groups excluding carboxylic acids is 3. The van der Waals surface area contributed by atoms with Crippen LogP contribution in [0.1, 0.15) is 55.8 Å². The Hall–Kier alpha value is -2.37. The molecule has 6 heteroatoms. The van der Waals surface area contributed by atoms with E-state index in [4.69, 9.17) is 4.74 Å². The van der Waals surface area contributed by atoms with Gasteiger partial charge in [-0.25, -0.2) is 4.79 Å². The van der Waals surface area contributed by atoms with Gasteiger partial charge >= 0.3 is 5.97 Å². The Morgan fingerprint density at radius 3 is 2.54 bits per heavy atom. The van der Waals surface area contributed by atoms with Crippen LogP contribution in [0, 0.1) is 5.92 Å². The number of hydrogen-bond acceptors (Lipinski definition) is 4. The summed E-state index contributed by atoms with van der Waals surface area (Å²) in [7, 11) is 0. The number of nitrogens with one attached hydrogen (secondary N) is 1. The fourth-order valence-corrected chi connectivity index (χ4v) is 3.69. The molecule has 1 atom stereocenters. The molecule has 1 saturated carbocycles. The van der Waals surface area contributed by atoms with Crippen molar-refractivity contribution in [1.29, 1.82) is 0 Å². The van der Waals surface area contributed by atoms with Crippen molar-refractivity contribution in [1.82, 2.24) is 4.90 Å². The van der Waals surface area contributed by atoms with Gasteiger partial charge in [0.2, 0.25) is 11.8 Å². The minimum Gasteiger partial charge on any atom is -0.462 e. The molecule has 0 bridgehead atoms. The fourth-order valence-electron chi connectivity index (χ4n) is 3.69. The molecule has 0 spiro atoms. The Morgan fingerprint density at radius 1 is 1.19 bits per heavy atom. The molecule has 1 aromatic rings. The molecule has 1 saturated heterocycles. The quantitative estimate of drug-likeness (QED) is 0.793. The molecule has 0 radical (unpaired) electrons. The summed E-state index contributed by atoms with van der Waals surface area (Å²) >= 11 is 0. The Morgan fingerprint density at radius 2 is 1.88 bits per heavy atom. The molecule has 1 unspecified atom stereocenters. The lowest BCUT2D eigenvalue weighted by molar-refractivity contribution is -0.129. The van der Waals surface area contributed by atoms with E-state index in [0.29, 0.717) is 30.4 Å². The van der Waals surface area contributed by atoms with Crippen LogP contribution < -0.4 is 5.32 Å². The lowest BCUT2D eigenvalue weighted by Crippen LogP contribution is -2.35. The van der Waals surface area contributed by atoms with E-state index >= 15 is 0 Å². The zero-order chi connectivity index (χ0) is 18.5. The molecule has 1 N–H and O–H groups in total. The largest absolute Gasteiger partial charge is 0.462 e. The van der Waals surface area contributed by atoms with Gasteiger partial charge in [0.25, 0.3) is 0 Å². The first-order chi connectivity index (χ1) is 12.6. The van der Waals surface area contributed by atoms with Crippen LogP contribution >= 0.6 is 0 Å². The van der Waals surface area contributed by atoms with Gasteiger partial charge in [-0.15, -0.1) is 0 Å². The number of anilines is 1. The highest BCUT2D eigenvalue weighted by Gasteiger charge is 2.38. The lowest BCUT2D eigenvalue weighted by Gasteiger charge is -2.23.